The number of rotatable bonds is 7. The van der Waals surface area contributed by atoms with Crippen LogP contribution in [0.4, 0.5) is 11.4 Å². The van der Waals surface area contributed by atoms with Gasteiger partial charge in [0.25, 0.3) is 10.0 Å². The van der Waals surface area contributed by atoms with Gasteiger partial charge >= 0.3 is 0 Å². The maximum atomic E-state index is 13.7. The summed E-state index contributed by atoms with van der Waals surface area (Å²) in [6, 6.07) is 25.0. The van der Waals surface area contributed by atoms with Crippen molar-refractivity contribution < 1.29 is 13.2 Å². The molecule has 0 saturated carbocycles. The standard InChI is InChI=1S/C30H26ClN3O3S2/c1-19-4-13-25(14-5-19)39(36,37)34(27-17-23(31)10-7-21(27)3)18-29(35)32-24-11-8-22(9-12-24)30-33-26-15-6-20(2)16-28(26)38-30/h4-17H,18H2,1-3H3,(H,32,35). The van der Waals surface area contributed by atoms with Crippen molar-refractivity contribution in [1.29, 1.82) is 0 Å². The quantitative estimate of drug-likeness (QED) is 0.220. The predicted molar refractivity (Wildman–Crippen MR) is 160 cm³/mol. The zero-order valence-electron chi connectivity index (χ0n) is 21.6. The number of nitrogens with zero attached hydrogens (tertiary/aromatic N) is 2. The maximum absolute atomic E-state index is 13.7. The Morgan fingerprint density at radius 1 is 0.897 bits per heavy atom. The third kappa shape index (κ3) is 5.83. The summed E-state index contributed by atoms with van der Waals surface area (Å²) in [6.45, 7) is 5.29. The Bertz CT molecular complexity index is 1780. The molecule has 5 aromatic rings. The van der Waals surface area contributed by atoms with Gasteiger partial charge in [0.1, 0.15) is 11.6 Å². The largest absolute Gasteiger partial charge is 0.325 e. The summed E-state index contributed by atoms with van der Waals surface area (Å²) in [7, 11) is -4.05. The average molecular weight is 576 g/mol. The number of thiazole rings is 1. The Balaban J connectivity index is 1.39. The minimum Gasteiger partial charge on any atom is -0.325 e. The molecule has 4 aromatic carbocycles. The van der Waals surface area contributed by atoms with Gasteiger partial charge in [0, 0.05) is 16.3 Å². The molecule has 198 valence electrons. The van der Waals surface area contributed by atoms with E-state index in [1.165, 1.54) is 17.7 Å². The lowest BCUT2D eigenvalue weighted by atomic mass is 10.2. The van der Waals surface area contributed by atoms with E-state index in [0.29, 0.717) is 22.0 Å². The zero-order valence-corrected chi connectivity index (χ0v) is 24.0. The SMILES string of the molecule is Cc1ccc(S(=O)(=O)N(CC(=O)Nc2ccc(-c3nc4ccc(C)cc4s3)cc2)c2cc(Cl)ccc2C)cc1. The molecule has 39 heavy (non-hydrogen) atoms. The highest BCUT2D eigenvalue weighted by Crippen LogP contribution is 2.32. The normalized spacial score (nSPS) is 11.5. The zero-order chi connectivity index (χ0) is 27.7. The monoisotopic (exact) mass is 575 g/mol. The number of benzene rings is 4. The van der Waals surface area contributed by atoms with Crippen molar-refractivity contribution in [1.82, 2.24) is 4.98 Å². The van der Waals surface area contributed by atoms with Crippen molar-refractivity contribution in [2.24, 2.45) is 0 Å². The van der Waals surface area contributed by atoms with Gasteiger partial charge in [0.05, 0.1) is 20.8 Å². The Hall–Kier alpha value is -3.72. The molecule has 0 saturated heterocycles. The molecule has 0 unspecified atom stereocenters. The molecule has 1 aromatic heterocycles. The van der Waals surface area contributed by atoms with Crippen LogP contribution in [0.1, 0.15) is 16.7 Å². The van der Waals surface area contributed by atoms with Gasteiger partial charge in [0.2, 0.25) is 5.91 Å². The minimum absolute atomic E-state index is 0.0932. The lowest BCUT2D eigenvalue weighted by Crippen LogP contribution is -2.38. The highest BCUT2D eigenvalue weighted by molar-refractivity contribution is 7.92. The van der Waals surface area contributed by atoms with Crippen molar-refractivity contribution in [2.75, 3.05) is 16.2 Å². The van der Waals surface area contributed by atoms with Gasteiger partial charge in [-0.05, 0) is 92.6 Å². The van der Waals surface area contributed by atoms with Crippen LogP contribution in [-0.4, -0.2) is 25.9 Å². The van der Waals surface area contributed by atoms with E-state index in [1.807, 2.05) is 31.2 Å². The second-order valence-corrected chi connectivity index (χ2v) is 12.7. The molecule has 0 radical (unpaired) electrons. The molecule has 0 aliphatic carbocycles. The summed E-state index contributed by atoms with van der Waals surface area (Å²) in [5.74, 6) is -0.478. The van der Waals surface area contributed by atoms with Gasteiger partial charge in [-0.3, -0.25) is 9.10 Å². The van der Waals surface area contributed by atoms with Crippen LogP contribution in [0.15, 0.2) is 89.8 Å². The van der Waals surface area contributed by atoms with Crippen LogP contribution in [0.3, 0.4) is 0 Å². The van der Waals surface area contributed by atoms with Crippen molar-refractivity contribution in [2.45, 2.75) is 25.7 Å². The van der Waals surface area contributed by atoms with Crippen LogP contribution in [0, 0.1) is 20.8 Å². The summed E-state index contributed by atoms with van der Waals surface area (Å²) >= 11 is 7.83. The summed E-state index contributed by atoms with van der Waals surface area (Å²) in [5.41, 5.74) is 5.58. The number of amides is 1. The van der Waals surface area contributed by atoms with E-state index in [4.69, 9.17) is 16.6 Å². The molecule has 0 bridgehead atoms. The van der Waals surface area contributed by atoms with Gasteiger partial charge in [-0.15, -0.1) is 11.3 Å². The van der Waals surface area contributed by atoms with E-state index in [2.05, 4.69) is 18.3 Å². The number of anilines is 2. The number of carbonyl (C=O) groups excluding carboxylic acids is 1. The molecule has 1 amide bonds. The second-order valence-electron chi connectivity index (χ2n) is 9.37. The van der Waals surface area contributed by atoms with E-state index < -0.39 is 22.5 Å². The fraction of sp³-hybridized carbons (Fsp3) is 0.133. The van der Waals surface area contributed by atoms with Gasteiger partial charge in [-0.2, -0.15) is 0 Å². The van der Waals surface area contributed by atoms with E-state index in [0.717, 1.165) is 30.7 Å². The number of sulfonamides is 1. The molecule has 5 rings (SSSR count). The summed E-state index contributed by atoms with van der Waals surface area (Å²) < 4.78 is 29.6. The van der Waals surface area contributed by atoms with Crippen LogP contribution in [0.25, 0.3) is 20.8 Å². The highest BCUT2D eigenvalue weighted by Gasteiger charge is 2.28. The van der Waals surface area contributed by atoms with E-state index in [-0.39, 0.29) is 4.90 Å². The first-order valence-electron chi connectivity index (χ1n) is 12.2. The third-order valence-corrected chi connectivity index (χ3v) is 9.37. The fourth-order valence-electron chi connectivity index (χ4n) is 4.17. The van der Waals surface area contributed by atoms with Crippen LogP contribution in [0.2, 0.25) is 5.02 Å². The first kappa shape index (κ1) is 26.9. The molecular formula is C30H26ClN3O3S2. The molecule has 1 N–H and O–H groups in total. The van der Waals surface area contributed by atoms with Crippen molar-refractivity contribution in [3.05, 3.63) is 107 Å². The Morgan fingerprint density at radius 3 is 2.31 bits per heavy atom. The number of nitrogens with one attached hydrogen (secondary N) is 1. The molecule has 0 fully saturated rings. The van der Waals surface area contributed by atoms with Gasteiger partial charge in [-0.25, -0.2) is 13.4 Å². The summed E-state index contributed by atoms with van der Waals surface area (Å²) in [5, 5.41) is 4.09. The second kappa shape index (κ2) is 10.8. The summed E-state index contributed by atoms with van der Waals surface area (Å²) in [4.78, 5) is 18.0. The number of hydrogen-bond donors (Lipinski definition) is 1. The minimum atomic E-state index is -4.05. The molecule has 0 spiro atoms. The number of fused-ring (bicyclic) bond motifs is 1. The van der Waals surface area contributed by atoms with Crippen LogP contribution >= 0.6 is 22.9 Å². The fourth-order valence-corrected chi connectivity index (χ4v) is 6.88. The maximum Gasteiger partial charge on any atom is 0.264 e. The van der Waals surface area contributed by atoms with Gasteiger partial charge in [-0.1, -0.05) is 41.4 Å². The lowest BCUT2D eigenvalue weighted by Gasteiger charge is -2.26. The first-order valence-corrected chi connectivity index (χ1v) is 14.9. The van der Waals surface area contributed by atoms with E-state index in [1.54, 1.807) is 60.7 Å². The molecule has 9 heteroatoms. The van der Waals surface area contributed by atoms with Crippen LogP contribution in [0.5, 0.6) is 0 Å². The number of aryl methyl sites for hydroxylation is 3. The van der Waals surface area contributed by atoms with Gasteiger partial charge in [0.15, 0.2) is 0 Å². The average Bonchev–Trinajstić information content (AvgIpc) is 3.32. The number of carbonyl (C=O) groups is 1. The lowest BCUT2D eigenvalue weighted by molar-refractivity contribution is -0.114. The van der Waals surface area contributed by atoms with Crippen LogP contribution < -0.4 is 9.62 Å². The van der Waals surface area contributed by atoms with Crippen molar-refractivity contribution in [3.8, 4) is 10.6 Å². The first-order chi connectivity index (χ1) is 18.6. The Morgan fingerprint density at radius 2 is 1.59 bits per heavy atom. The topological polar surface area (TPSA) is 79.4 Å². The molecule has 0 aliphatic rings. The van der Waals surface area contributed by atoms with Gasteiger partial charge < -0.3 is 5.32 Å². The van der Waals surface area contributed by atoms with Crippen molar-refractivity contribution in [3.63, 3.8) is 0 Å². The Labute approximate surface area is 237 Å². The third-order valence-electron chi connectivity index (χ3n) is 6.30. The molecule has 1 heterocycles. The van der Waals surface area contributed by atoms with Crippen molar-refractivity contribution >= 4 is 60.5 Å². The molecule has 0 atom stereocenters. The highest BCUT2D eigenvalue weighted by atomic mass is 35.5. The number of hydrogen-bond acceptors (Lipinski definition) is 5. The predicted octanol–water partition coefficient (Wildman–Crippen LogP) is 7.38. The summed E-state index contributed by atoms with van der Waals surface area (Å²) in [6.07, 6.45) is 0. The Kier molecular flexibility index (Phi) is 7.44. The number of aromatic nitrogens is 1. The smallest absolute Gasteiger partial charge is 0.264 e. The number of halogens is 1. The molecular weight excluding hydrogens is 550 g/mol. The van der Waals surface area contributed by atoms with E-state index in [9.17, 15) is 13.2 Å². The van der Waals surface area contributed by atoms with E-state index >= 15 is 0 Å². The van der Waals surface area contributed by atoms with Crippen LogP contribution in [-0.2, 0) is 14.8 Å². The molecule has 0 aliphatic heterocycles. The molecule has 6 nitrogen and oxygen atoms in total.